The third-order valence-electron chi connectivity index (χ3n) is 5.55. The number of nitrogens with one attached hydrogen (secondary N) is 1. The summed E-state index contributed by atoms with van der Waals surface area (Å²) in [5.74, 6) is 2.60. The highest BCUT2D eigenvalue weighted by Gasteiger charge is 2.29. The van der Waals surface area contributed by atoms with Gasteiger partial charge >= 0.3 is 0 Å². The van der Waals surface area contributed by atoms with Crippen LogP contribution >= 0.6 is 0 Å². The predicted octanol–water partition coefficient (Wildman–Crippen LogP) is 5.19. The maximum absolute atomic E-state index is 13.0. The highest BCUT2D eigenvalue weighted by molar-refractivity contribution is 7.97. The molecule has 1 aliphatic carbocycles. The molecule has 1 N–H and O–H groups in total. The third-order valence-corrected chi connectivity index (χ3v) is 8.09. The molecule has 0 atom stereocenters. The molecule has 1 amide bonds. The van der Waals surface area contributed by atoms with Gasteiger partial charge in [-0.3, -0.25) is 4.79 Å². The van der Waals surface area contributed by atoms with Crippen LogP contribution in [0.3, 0.4) is 0 Å². The van der Waals surface area contributed by atoms with Crippen LogP contribution in [-0.4, -0.2) is 17.4 Å². The predicted molar refractivity (Wildman–Crippen MR) is 115 cm³/mol. The highest BCUT2D eigenvalue weighted by atomic mass is 32.2. The zero-order valence-electron chi connectivity index (χ0n) is 15.2. The topological polar surface area (TPSA) is 29.1 Å². The lowest BCUT2D eigenvalue weighted by Crippen LogP contribution is -2.14. The molecule has 1 saturated heterocycles. The first-order valence-corrected chi connectivity index (χ1v) is 11.2. The van der Waals surface area contributed by atoms with Gasteiger partial charge in [0.05, 0.1) is 0 Å². The van der Waals surface area contributed by atoms with E-state index in [0.717, 1.165) is 28.6 Å². The van der Waals surface area contributed by atoms with Crippen molar-refractivity contribution < 1.29 is 4.79 Å². The molecule has 0 saturated carbocycles. The minimum absolute atomic E-state index is 0.0128. The van der Waals surface area contributed by atoms with E-state index in [-0.39, 0.29) is 5.91 Å². The summed E-state index contributed by atoms with van der Waals surface area (Å²) in [5.41, 5.74) is 3.98. The number of hydrogen-bond donors (Lipinski definition) is 1. The maximum atomic E-state index is 13.0. The van der Waals surface area contributed by atoms with E-state index >= 15 is 0 Å². The second-order valence-corrected chi connectivity index (χ2v) is 9.44. The van der Waals surface area contributed by atoms with Crippen LogP contribution in [0, 0.1) is 0 Å². The van der Waals surface area contributed by atoms with Gasteiger partial charge in [0.2, 0.25) is 0 Å². The van der Waals surface area contributed by atoms with Crippen LogP contribution in [0.15, 0.2) is 71.6 Å². The molecule has 3 aromatic carbocycles. The number of carbonyl (C=O) groups excluding carboxylic acids is 1. The normalized spacial score (nSPS) is 16.4. The Kier molecular flexibility index (Phi) is 4.25. The van der Waals surface area contributed by atoms with Gasteiger partial charge in [-0.25, -0.2) is 0 Å². The van der Waals surface area contributed by atoms with Crippen LogP contribution in [0.2, 0.25) is 0 Å². The molecule has 2 nitrogen and oxygen atoms in total. The molecule has 1 heterocycles. The van der Waals surface area contributed by atoms with Gasteiger partial charge in [0, 0.05) is 32.9 Å². The van der Waals surface area contributed by atoms with Gasteiger partial charge in [0.1, 0.15) is 11.5 Å². The molecule has 27 heavy (non-hydrogen) atoms. The minimum Gasteiger partial charge on any atom is -0.321 e. The van der Waals surface area contributed by atoms with E-state index in [9.17, 15) is 4.79 Å². The van der Waals surface area contributed by atoms with E-state index in [1.165, 1.54) is 40.2 Å². The van der Waals surface area contributed by atoms with Gasteiger partial charge in [0.15, 0.2) is 4.90 Å². The Morgan fingerprint density at radius 1 is 0.852 bits per heavy atom. The summed E-state index contributed by atoms with van der Waals surface area (Å²) in [4.78, 5) is 14.4. The Balaban J connectivity index is 1.49. The molecule has 0 radical (unpaired) electrons. The van der Waals surface area contributed by atoms with E-state index in [4.69, 9.17) is 0 Å². The second-order valence-electron chi connectivity index (χ2n) is 7.20. The highest BCUT2D eigenvalue weighted by Crippen LogP contribution is 2.35. The number of anilines is 1. The molecular formula is C24H22NOS+. The summed E-state index contributed by atoms with van der Waals surface area (Å²) >= 11 is 0. The zero-order chi connectivity index (χ0) is 18.2. The minimum atomic E-state index is -0.0128. The molecule has 3 heteroatoms. The number of amides is 1. The summed E-state index contributed by atoms with van der Waals surface area (Å²) in [5, 5.41) is 5.62. The number of hydrogen-bond acceptors (Lipinski definition) is 1. The average Bonchev–Trinajstić information content (AvgIpc) is 3.38. The molecule has 134 valence electrons. The lowest BCUT2D eigenvalue weighted by molar-refractivity contribution is -0.111. The number of carbonyl (C=O) groups is 1. The van der Waals surface area contributed by atoms with Crippen molar-refractivity contribution in [1.82, 2.24) is 0 Å². The Morgan fingerprint density at radius 3 is 2.44 bits per heavy atom. The van der Waals surface area contributed by atoms with Crippen LogP contribution < -0.4 is 5.32 Å². The first-order valence-electron chi connectivity index (χ1n) is 9.60. The summed E-state index contributed by atoms with van der Waals surface area (Å²) in [6, 6.07) is 21.0. The molecule has 0 bridgehead atoms. The summed E-state index contributed by atoms with van der Waals surface area (Å²) in [6.45, 7) is 0. The summed E-state index contributed by atoms with van der Waals surface area (Å²) < 4.78 is 0. The van der Waals surface area contributed by atoms with Crippen molar-refractivity contribution in [1.29, 1.82) is 0 Å². The van der Waals surface area contributed by atoms with Crippen LogP contribution in [-0.2, 0) is 22.1 Å². The molecule has 3 aromatic rings. The quantitative estimate of drug-likeness (QED) is 0.630. The Hall–Kier alpha value is -2.52. The number of fused-ring (bicyclic) bond motifs is 2. The molecule has 5 rings (SSSR count). The van der Waals surface area contributed by atoms with E-state index in [1.54, 1.807) is 0 Å². The molecule has 0 spiro atoms. The Labute approximate surface area is 162 Å². The average molecular weight is 373 g/mol. The lowest BCUT2D eigenvalue weighted by Gasteiger charge is -2.12. The SMILES string of the molecule is O=C(Nc1ccc([S+]2CCCC2)c2ccccc12)C1=CCc2ccccc21. The molecule has 1 fully saturated rings. The number of rotatable bonds is 3. The van der Waals surface area contributed by atoms with Crippen molar-refractivity contribution in [3.8, 4) is 0 Å². The fourth-order valence-electron chi connectivity index (χ4n) is 4.19. The van der Waals surface area contributed by atoms with Gasteiger partial charge in [-0.15, -0.1) is 0 Å². The zero-order valence-corrected chi connectivity index (χ0v) is 16.0. The van der Waals surface area contributed by atoms with Crippen molar-refractivity contribution in [3.63, 3.8) is 0 Å². The fourth-order valence-corrected chi connectivity index (χ4v) is 6.69. The molecule has 2 aliphatic rings. The van der Waals surface area contributed by atoms with Gasteiger partial charge in [0.25, 0.3) is 5.91 Å². The summed E-state index contributed by atoms with van der Waals surface area (Å²) in [6.07, 6.45) is 5.55. The van der Waals surface area contributed by atoms with Gasteiger partial charge < -0.3 is 5.32 Å². The third kappa shape index (κ3) is 2.96. The van der Waals surface area contributed by atoms with Crippen molar-refractivity contribution in [2.75, 3.05) is 16.8 Å². The Morgan fingerprint density at radius 2 is 1.59 bits per heavy atom. The van der Waals surface area contributed by atoms with E-state index in [0.29, 0.717) is 10.9 Å². The monoisotopic (exact) mass is 372 g/mol. The largest absolute Gasteiger partial charge is 0.321 e. The standard InChI is InChI=1S/C24H21NOS/c26-24(21-12-11-17-7-1-2-8-18(17)21)25-22-13-14-23(27-15-5-6-16-27)20-10-4-3-9-19(20)22/h1-4,7-10,12-14H,5-6,11,15-16H2/p+1. The van der Waals surface area contributed by atoms with Crippen LogP contribution in [0.1, 0.15) is 24.0 Å². The smallest absolute Gasteiger partial charge is 0.255 e. The van der Waals surface area contributed by atoms with Crippen LogP contribution in [0.4, 0.5) is 5.69 Å². The first kappa shape index (κ1) is 16.6. The first-order chi connectivity index (χ1) is 13.3. The Bertz CT molecular complexity index is 1060. The van der Waals surface area contributed by atoms with Gasteiger partial charge in [-0.1, -0.05) is 48.5 Å². The van der Waals surface area contributed by atoms with Gasteiger partial charge in [-0.05, 0) is 48.6 Å². The lowest BCUT2D eigenvalue weighted by atomic mass is 10.0. The maximum Gasteiger partial charge on any atom is 0.255 e. The van der Waals surface area contributed by atoms with Crippen molar-refractivity contribution in [3.05, 3.63) is 77.9 Å². The van der Waals surface area contributed by atoms with Crippen molar-refractivity contribution in [2.45, 2.75) is 24.2 Å². The number of allylic oxidation sites excluding steroid dienone is 1. The van der Waals surface area contributed by atoms with Gasteiger partial charge in [-0.2, -0.15) is 0 Å². The summed E-state index contributed by atoms with van der Waals surface area (Å²) in [7, 11) is 0.358. The van der Waals surface area contributed by atoms with Crippen molar-refractivity contribution in [2.24, 2.45) is 0 Å². The van der Waals surface area contributed by atoms with E-state index < -0.39 is 0 Å². The van der Waals surface area contributed by atoms with E-state index in [1.807, 2.05) is 24.3 Å². The molecular weight excluding hydrogens is 350 g/mol. The second kappa shape index (κ2) is 6.90. The van der Waals surface area contributed by atoms with E-state index in [2.05, 4.69) is 47.8 Å². The number of benzene rings is 3. The van der Waals surface area contributed by atoms with Crippen LogP contribution in [0.25, 0.3) is 16.3 Å². The fraction of sp³-hybridized carbons (Fsp3) is 0.208. The van der Waals surface area contributed by atoms with Crippen molar-refractivity contribution >= 4 is 38.8 Å². The van der Waals surface area contributed by atoms with Crippen LogP contribution in [0.5, 0.6) is 0 Å². The molecule has 1 aliphatic heterocycles. The molecule has 0 unspecified atom stereocenters. The molecule has 0 aromatic heterocycles.